The van der Waals surface area contributed by atoms with E-state index in [-0.39, 0.29) is 6.04 Å². The first-order chi connectivity index (χ1) is 7.58. The molecule has 1 unspecified atom stereocenters. The largest absolute Gasteiger partial charge is 0.496 e. The van der Waals surface area contributed by atoms with Crippen molar-refractivity contribution in [2.75, 3.05) is 7.11 Å². The predicted molar refractivity (Wildman–Crippen MR) is 69.1 cm³/mol. The maximum absolute atomic E-state index is 6.00. The fraction of sp³-hybridized carbons (Fsp3) is 0.571. The molecule has 0 aliphatic rings. The van der Waals surface area contributed by atoms with E-state index in [1.807, 2.05) is 6.07 Å². The molecule has 0 amide bonds. The summed E-state index contributed by atoms with van der Waals surface area (Å²) in [5.74, 6) is 1.50. The van der Waals surface area contributed by atoms with Crippen molar-refractivity contribution in [2.24, 2.45) is 5.73 Å². The Hall–Kier alpha value is -1.02. The van der Waals surface area contributed by atoms with Crippen LogP contribution in [0.5, 0.6) is 5.75 Å². The van der Waals surface area contributed by atoms with Crippen molar-refractivity contribution in [1.82, 2.24) is 0 Å². The second kappa shape index (κ2) is 5.90. The molecule has 0 saturated carbocycles. The van der Waals surface area contributed by atoms with Crippen molar-refractivity contribution in [3.8, 4) is 5.75 Å². The molecule has 2 nitrogen and oxygen atoms in total. The van der Waals surface area contributed by atoms with E-state index in [0.717, 1.165) is 18.6 Å². The van der Waals surface area contributed by atoms with Crippen molar-refractivity contribution in [3.63, 3.8) is 0 Å². The van der Waals surface area contributed by atoms with Crippen molar-refractivity contribution in [1.29, 1.82) is 0 Å². The molecule has 0 aliphatic carbocycles. The standard InChI is InChI=1S/C14H23NO/c1-5-13(15)9-12-8-11(10(2)3)6-7-14(12)16-4/h6-8,10,13H,5,9,15H2,1-4H3. The van der Waals surface area contributed by atoms with Gasteiger partial charge in [0.05, 0.1) is 7.11 Å². The first kappa shape index (κ1) is 13.0. The highest BCUT2D eigenvalue weighted by atomic mass is 16.5. The molecule has 2 N–H and O–H groups in total. The lowest BCUT2D eigenvalue weighted by molar-refractivity contribution is 0.407. The molecule has 1 aromatic rings. The minimum atomic E-state index is 0.219. The molecular weight excluding hydrogens is 198 g/mol. The number of hydrogen-bond acceptors (Lipinski definition) is 2. The minimum Gasteiger partial charge on any atom is -0.496 e. The van der Waals surface area contributed by atoms with Crippen molar-refractivity contribution >= 4 is 0 Å². The SMILES string of the molecule is CCC(N)Cc1cc(C(C)C)ccc1OC. The summed E-state index contributed by atoms with van der Waals surface area (Å²) in [6.45, 7) is 6.51. The minimum absolute atomic E-state index is 0.219. The zero-order valence-electron chi connectivity index (χ0n) is 10.8. The van der Waals surface area contributed by atoms with Gasteiger partial charge in [0.1, 0.15) is 5.75 Å². The average Bonchev–Trinajstić information content (AvgIpc) is 2.28. The van der Waals surface area contributed by atoms with Crippen LogP contribution in [0.3, 0.4) is 0 Å². The monoisotopic (exact) mass is 221 g/mol. The van der Waals surface area contributed by atoms with Gasteiger partial charge >= 0.3 is 0 Å². The van der Waals surface area contributed by atoms with Crippen molar-refractivity contribution in [3.05, 3.63) is 29.3 Å². The third kappa shape index (κ3) is 3.24. The van der Waals surface area contributed by atoms with E-state index >= 15 is 0 Å². The molecule has 1 atom stereocenters. The Morgan fingerprint density at radius 3 is 2.50 bits per heavy atom. The molecule has 2 heteroatoms. The van der Waals surface area contributed by atoms with Crippen LogP contribution in [0.1, 0.15) is 44.2 Å². The maximum Gasteiger partial charge on any atom is 0.122 e. The van der Waals surface area contributed by atoms with Gasteiger partial charge in [-0.2, -0.15) is 0 Å². The summed E-state index contributed by atoms with van der Waals surface area (Å²) < 4.78 is 5.37. The first-order valence-electron chi connectivity index (χ1n) is 6.00. The Kier molecular flexibility index (Phi) is 4.81. The van der Waals surface area contributed by atoms with Crippen LogP contribution in [0.25, 0.3) is 0 Å². The van der Waals surface area contributed by atoms with Crippen LogP contribution in [-0.2, 0) is 6.42 Å². The molecule has 1 rings (SSSR count). The third-order valence-corrected chi connectivity index (χ3v) is 2.98. The molecule has 90 valence electrons. The molecular formula is C14H23NO. The summed E-state index contributed by atoms with van der Waals surface area (Å²) in [6, 6.07) is 6.62. The Balaban J connectivity index is 2.97. The number of ether oxygens (including phenoxy) is 1. The molecule has 0 radical (unpaired) electrons. The van der Waals surface area contributed by atoms with E-state index < -0.39 is 0 Å². The lowest BCUT2D eigenvalue weighted by atomic mass is 9.96. The summed E-state index contributed by atoms with van der Waals surface area (Å²) in [5, 5.41) is 0. The van der Waals surface area contributed by atoms with Gasteiger partial charge < -0.3 is 10.5 Å². The summed E-state index contributed by atoms with van der Waals surface area (Å²) in [6.07, 6.45) is 1.88. The van der Waals surface area contributed by atoms with E-state index in [0.29, 0.717) is 5.92 Å². The van der Waals surface area contributed by atoms with E-state index in [1.165, 1.54) is 11.1 Å². The fourth-order valence-corrected chi connectivity index (χ4v) is 1.74. The highest BCUT2D eigenvalue weighted by molar-refractivity contribution is 5.38. The highest BCUT2D eigenvalue weighted by Gasteiger charge is 2.09. The number of methoxy groups -OCH3 is 1. The van der Waals surface area contributed by atoms with Gasteiger partial charge in [-0.1, -0.05) is 32.9 Å². The van der Waals surface area contributed by atoms with Crippen LogP contribution in [0.4, 0.5) is 0 Å². The Morgan fingerprint density at radius 1 is 1.31 bits per heavy atom. The highest BCUT2D eigenvalue weighted by Crippen LogP contribution is 2.25. The van der Waals surface area contributed by atoms with Gasteiger partial charge in [-0.3, -0.25) is 0 Å². The zero-order chi connectivity index (χ0) is 12.1. The lowest BCUT2D eigenvalue weighted by Gasteiger charge is -2.15. The van der Waals surface area contributed by atoms with E-state index in [4.69, 9.17) is 10.5 Å². The topological polar surface area (TPSA) is 35.2 Å². The van der Waals surface area contributed by atoms with Crippen molar-refractivity contribution < 1.29 is 4.74 Å². The van der Waals surface area contributed by atoms with E-state index in [2.05, 4.69) is 32.9 Å². The van der Waals surface area contributed by atoms with Gasteiger partial charge in [0, 0.05) is 6.04 Å². The van der Waals surface area contributed by atoms with Crippen LogP contribution in [0.15, 0.2) is 18.2 Å². The molecule has 0 aliphatic heterocycles. The van der Waals surface area contributed by atoms with Crippen LogP contribution >= 0.6 is 0 Å². The van der Waals surface area contributed by atoms with Crippen LogP contribution in [0, 0.1) is 0 Å². The normalized spacial score (nSPS) is 12.9. The van der Waals surface area contributed by atoms with Gasteiger partial charge in [-0.15, -0.1) is 0 Å². The fourth-order valence-electron chi connectivity index (χ4n) is 1.74. The van der Waals surface area contributed by atoms with Gasteiger partial charge in [0.25, 0.3) is 0 Å². The Bertz CT molecular complexity index is 334. The average molecular weight is 221 g/mol. The molecule has 0 heterocycles. The number of hydrogen-bond donors (Lipinski definition) is 1. The lowest BCUT2D eigenvalue weighted by Crippen LogP contribution is -2.21. The summed E-state index contributed by atoms with van der Waals surface area (Å²) in [4.78, 5) is 0. The van der Waals surface area contributed by atoms with Crippen LogP contribution in [-0.4, -0.2) is 13.2 Å². The molecule has 0 fully saturated rings. The zero-order valence-corrected chi connectivity index (χ0v) is 10.8. The third-order valence-electron chi connectivity index (χ3n) is 2.98. The van der Waals surface area contributed by atoms with E-state index in [9.17, 15) is 0 Å². The van der Waals surface area contributed by atoms with Gasteiger partial charge in [0.2, 0.25) is 0 Å². The molecule has 0 saturated heterocycles. The van der Waals surface area contributed by atoms with Crippen molar-refractivity contribution in [2.45, 2.75) is 45.6 Å². The smallest absolute Gasteiger partial charge is 0.122 e. The second-order valence-corrected chi connectivity index (χ2v) is 4.60. The van der Waals surface area contributed by atoms with Gasteiger partial charge in [0.15, 0.2) is 0 Å². The summed E-state index contributed by atoms with van der Waals surface area (Å²) in [7, 11) is 1.71. The quantitative estimate of drug-likeness (QED) is 0.829. The van der Waals surface area contributed by atoms with Crippen LogP contribution < -0.4 is 10.5 Å². The van der Waals surface area contributed by atoms with Crippen LogP contribution in [0.2, 0.25) is 0 Å². The molecule has 0 bridgehead atoms. The van der Waals surface area contributed by atoms with Gasteiger partial charge in [-0.05, 0) is 36.0 Å². The van der Waals surface area contributed by atoms with E-state index in [1.54, 1.807) is 7.11 Å². The number of benzene rings is 1. The molecule has 0 spiro atoms. The van der Waals surface area contributed by atoms with Gasteiger partial charge in [-0.25, -0.2) is 0 Å². The predicted octanol–water partition coefficient (Wildman–Crippen LogP) is 3.10. The number of nitrogens with two attached hydrogens (primary N) is 1. The first-order valence-corrected chi connectivity index (χ1v) is 6.00. The summed E-state index contributed by atoms with van der Waals surface area (Å²) in [5.41, 5.74) is 8.57. The molecule has 0 aromatic heterocycles. The Morgan fingerprint density at radius 2 is 2.00 bits per heavy atom. The summed E-state index contributed by atoms with van der Waals surface area (Å²) >= 11 is 0. The molecule has 1 aromatic carbocycles. The maximum atomic E-state index is 6.00. The number of rotatable bonds is 5. The Labute approximate surface area is 98.8 Å². The molecule has 16 heavy (non-hydrogen) atoms. The second-order valence-electron chi connectivity index (χ2n) is 4.60.